The summed E-state index contributed by atoms with van der Waals surface area (Å²) in [5, 5.41) is 2.07. The Morgan fingerprint density at radius 2 is 2.14 bits per heavy atom. The lowest BCUT2D eigenvalue weighted by molar-refractivity contribution is 0.0737. The Morgan fingerprint density at radius 1 is 1.24 bits per heavy atom. The standard InChI is InChI=1S/C16H15NO3S/c18-16(11-5-6-13-14(9-11)20-10-19-13)17-7-1-3-12(17)15-4-2-8-21-15/h2,4-6,8-9,12H,1,3,7,10H2. The van der Waals surface area contributed by atoms with E-state index in [0.29, 0.717) is 17.1 Å². The van der Waals surface area contributed by atoms with Crippen LogP contribution in [0.5, 0.6) is 11.5 Å². The van der Waals surface area contributed by atoms with E-state index < -0.39 is 0 Å². The number of benzene rings is 1. The minimum Gasteiger partial charge on any atom is -0.454 e. The first kappa shape index (κ1) is 12.7. The first-order valence-corrected chi connectivity index (χ1v) is 7.95. The third kappa shape index (κ3) is 2.17. The van der Waals surface area contributed by atoms with Crippen LogP contribution < -0.4 is 9.47 Å². The lowest BCUT2D eigenvalue weighted by atomic mass is 10.1. The van der Waals surface area contributed by atoms with Crippen LogP contribution in [0.1, 0.15) is 34.1 Å². The first-order chi connectivity index (χ1) is 10.3. The summed E-state index contributed by atoms with van der Waals surface area (Å²) in [6.45, 7) is 1.05. The zero-order chi connectivity index (χ0) is 14.2. The lowest BCUT2D eigenvalue weighted by Crippen LogP contribution is -2.30. The van der Waals surface area contributed by atoms with E-state index in [2.05, 4.69) is 11.4 Å². The monoisotopic (exact) mass is 301 g/mol. The molecule has 4 nitrogen and oxygen atoms in total. The van der Waals surface area contributed by atoms with Gasteiger partial charge < -0.3 is 14.4 Å². The zero-order valence-corrected chi connectivity index (χ0v) is 12.3. The van der Waals surface area contributed by atoms with Gasteiger partial charge in [-0.05, 0) is 42.5 Å². The molecule has 21 heavy (non-hydrogen) atoms. The van der Waals surface area contributed by atoms with Crippen molar-refractivity contribution in [3.05, 3.63) is 46.2 Å². The second kappa shape index (κ2) is 5.07. The Hall–Kier alpha value is -2.01. The molecule has 1 aromatic carbocycles. The van der Waals surface area contributed by atoms with Gasteiger partial charge >= 0.3 is 0 Å². The molecule has 1 amide bonds. The van der Waals surface area contributed by atoms with Gasteiger partial charge in [-0.2, -0.15) is 0 Å². The van der Waals surface area contributed by atoms with E-state index in [0.717, 1.165) is 19.4 Å². The van der Waals surface area contributed by atoms with E-state index in [4.69, 9.17) is 9.47 Å². The van der Waals surface area contributed by atoms with Gasteiger partial charge in [-0.15, -0.1) is 11.3 Å². The molecular weight excluding hydrogens is 286 g/mol. The van der Waals surface area contributed by atoms with E-state index in [1.54, 1.807) is 17.4 Å². The van der Waals surface area contributed by atoms with Crippen LogP contribution in [0.15, 0.2) is 35.7 Å². The highest BCUT2D eigenvalue weighted by molar-refractivity contribution is 7.10. The van der Waals surface area contributed by atoms with Crippen LogP contribution in [0.4, 0.5) is 0 Å². The third-order valence-corrected chi connectivity index (χ3v) is 4.98. The molecule has 1 atom stereocenters. The Kier molecular flexibility index (Phi) is 3.07. The molecule has 0 saturated carbocycles. The maximum absolute atomic E-state index is 12.8. The molecule has 108 valence electrons. The Balaban J connectivity index is 1.62. The third-order valence-electron chi connectivity index (χ3n) is 4.00. The van der Waals surface area contributed by atoms with Crippen molar-refractivity contribution in [3.8, 4) is 11.5 Å². The van der Waals surface area contributed by atoms with E-state index >= 15 is 0 Å². The summed E-state index contributed by atoms with van der Waals surface area (Å²) in [6.07, 6.45) is 2.09. The zero-order valence-electron chi connectivity index (χ0n) is 11.5. The second-order valence-electron chi connectivity index (χ2n) is 5.24. The maximum atomic E-state index is 12.8. The average molecular weight is 301 g/mol. The van der Waals surface area contributed by atoms with Crippen LogP contribution in [0.3, 0.4) is 0 Å². The Morgan fingerprint density at radius 3 is 3.00 bits per heavy atom. The number of hydrogen-bond donors (Lipinski definition) is 0. The smallest absolute Gasteiger partial charge is 0.254 e. The number of carbonyl (C=O) groups excluding carboxylic acids is 1. The molecule has 0 radical (unpaired) electrons. The van der Waals surface area contributed by atoms with Gasteiger partial charge in [0.1, 0.15) is 0 Å². The van der Waals surface area contributed by atoms with Gasteiger partial charge in [0.15, 0.2) is 11.5 Å². The summed E-state index contributed by atoms with van der Waals surface area (Å²) in [5.74, 6) is 1.44. The molecule has 0 N–H and O–H groups in total. The van der Waals surface area contributed by atoms with Gasteiger partial charge in [0.2, 0.25) is 6.79 Å². The van der Waals surface area contributed by atoms with E-state index in [1.807, 2.05) is 23.1 Å². The summed E-state index contributed by atoms with van der Waals surface area (Å²) in [6, 6.07) is 9.78. The molecular formula is C16H15NO3S. The molecule has 1 fully saturated rings. The molecule has 0 spiro atoms. The van der Waals surface area contributed by atoms with Crippen molar-refractivity contribution in [1.29, 1.82) is 0 Å². The number of carbonyl (C=O) groups is 1. The number of amides is 1. The molecule has 3 heterocycles. The molecule has 0 bridgehead atoms. The molecule has 2 aliphatic heterocycles. The van der Waals surface area contributed by atoms with E-state index in [-0.39, 0.29) is 18.7 Å². The molecule has 2 aromatic rings. The number of thiophene rings is 1. The number of nitrogens with zero attached hydrogens (tertiary/aromatic N) is 1. The summed E-state index contributed by atoms with van der Waals surface area (Å²) in [4.78, 5) is 16.0. The lowest BCUT2D eigenvalue weighted by Gasteiger charge is -2.24. The largest absolute Gasteiger partial charge is 0.454 e. The molecule has 4 rings (SSSR count). The van der Waals surface area contributed by atoms with Gasteiger partial charge in [0.25, 0.3) is 5.91 Å². The fraction of sp³-hybridized carbons (Fsp3) is 0.312. The number of ether oxygens (including phenoxy) is 2. The SMILES string of the molecule is O=C(c1ccc2c(c1)OCO2)N1CCCC1c1cccs1. The summed E-state index contributed by atoms with van der Waals surface area (Å²) >= 11 is 1.72. The highest BCUT2D eigenvalue weighted by Crippen LogP contribution is 2.37. The molecule has 5 heteroatoms. The number of rotatable bonds is 2. The maximum Gasteiger partial charge on any atom is 0.254 e. The summed E-state index contributed by atoms with van der Waals surface area (Å²) in [7, 11) is 0. The van der Waals surface area contributed by atoms with Crippen LogP contribution in [0.25, 0.3) is 0 Å². The predicted octanol–water partition coefficient (Wildman–Crippen LogP) is 3.45. The second-order valence-corrected chi connectivity index (χ2v) is 6.22. The minimum absolute atomic E-state index is 0.0733. The molecule has 1 aromatic heterocycles. The molecule has 0 aliphatic carbocycles. The van der Waals surface area contributed by atoms with Crippen molar-refractivity contribution < 1.29 is 14.3 Å². The molecule has 1 unspecified atom stereocenters. The van der Waals surface area contributed by atoms with Crippen LogP contribution in [-0.2, 0) is 0 Å². The quantitative estimate of drug-likeness (QED) is 0.852. The fourth-order valence-corrected chi connectivity index (χ4v) is 3.86. The Labute approximate surface area is 126 Å². The van der Waals surface area contributed by atoms with Crippen molar-refractivity contribution in [2.24, 2.45) is 0 Å². The fourth-order valence-electron chi connectivity index (χ4n) is 2.98. The number of likely N-dealkylation sites (tertiary alicyclic amines) is 1. The van der Waals surface area contributed by atoms with Gasteiger partial charge in [-0.1, -0.05) is 6.07 Å². The highest BCUT2D eigenvalue weighted by atomic mass is 32.1. The van der Waals surface area contributed by atoms with Crippen LogP contribution in [-0.4, -0.2) is 24.1 Å². The summed E-state index contributed by atoms with van der Waals surface area (Å²) < 4.78 is 10.7. The van der Waals surface area contributed by atoms with Crippen molar-refractivity contribution in [2.75, 3.05) is 13.3 Å². The van der Waals surface area contributed by atoms with E-state index in [1.165, 1.54) is 4.88 Å². The Bertz CT molecular complexity index is 668. The number of fused-ring (bicyclic) bond motifs is 1. The van der Waals surface area contributed by atoms with Crippen LogP contribution in [0, 0.1) is 0 Å². The van der Waals surface area contributed by atoms with Gasteiger partial charge in [0, 0.05) is 17.0 Å². The van der Waals surface area contributed by atoms with Gasteiger partial charge in [-0.25, -0.2) is 0 Å². The number of hydrogen-bond acceptors (Lipinski definition) is 4. The normalized spacial score (nSPS) is 20.0. The first-order valence-electron chi connectivity index (χ1n) is 7.07. The van der Waals surface area contributed by atoms with Gasteiger partial charge in [0.05, 0.1) is 6.04 Å². The van der Waals surface area contributed by atoms with Crippen molar-refractivity contribution >= 4 is 17.2 Å². The van der Waals surface area contributed by atoms with Crippen LogP contribution >= 0.6 is 11.3 Å². The van der Waals surface area contributed by atoms with E-state index in [9.17, 15) is 4.79 Å². The minimum atomic E-state index is 0.0733. The average Bonchev–Trinajstić information content (AvgIpc) is 3.24. The van der Waals surface area contributed by atoms with Crippen molar-refractivity contribution in [2.45, 2.75) is 18.9 Å². The van der Waals surface area contributed by atoms with Crippen molar-refractivity contribution in [1.82, 2.24) is 4.90 Å². The predicted molar refractivity (Wildman–Crippen MR) is 79.9 cm³/mol. The van der Waals surface area contributed by atoms with Crippen LogP contribution in [0.2, 0.25) is 0 Å². The van der Waals surface area contributed by atoms with Crippen molar-refractivity contribution in [3.63, 3.8) is 0 Å². The van der Waals surface area contributed by atoms with Gasteiger partial charge in [-0.3, -0.25) is 4.79 Å². The molecule has 1 saturated heterocycles. The molecule has 2 aliphatic rings. The highest BCUT2D eigenvalue weighted by Gasteiger charge is 2.31. The summed E-state index contributed by atoms with van der Waals surface area (Å²) in [5.41, 5.74) is 0.669. The topological polar surface area (TPSA) is 38.8 Å².